The molecule has 4 nitrogen and oxygen atoms in total. The largest absolute Gasteiger partial charge is 0.302 e. The van der Waals surface area contributed by atoms with Crippen LogP contribution in [-0.2, 0) is 0 Å². The molecule has 2 atom stereocenters. The van der Waals surface area contributed by atoms with Crippen LogP contribution in [0, 0.1) is 37.0 Å². The molecule has 2 aromatic rings. The van der Waals surface area contributed by atoms with E-state index >= 15 is 0 Å². The molecule has 0 radical (unpaired) electrons. The second-order valence-corrected chi connectivity index (χ2v) is 7.04. The third-order valence-electron chi connectivity index (χ3n) is 5.71. The fraction of sp³-hybridized carbons (Fsp3) is 0.421. The monoisotopic (exact) mass is 341 g/mol. The van der Waals surface area contributed by atoms with Gasteiger partial charge in [0.1, 0.15) is 5.82 Å². The molecule has 2 aliphatic rings. The number of nitrogens with zero attached hydrogens (tertiary/aromatic N) is 3. The van der Waals surface area contributed by atoms with Gasteiger partial charge in [-0.25, -0.2) is 8.78 Å². The van der Waals surface area contributed by atoms with E-state index in [4.69, 9.17) is 5.26 Å². The number of rotatable bonds is 2. The van der Waals surface area contributed by atoms with Gasteiger partial charge in [-0.15, -0.1) is 0 Å². The van der Waals surface area contributed by atoms with E-state index in [1.807, 2.05) is 11.5 Å². The van der Waals surface area contributed by atoms with Crippen LogP contribution < -0.4 is 5.56 Å². The number of hydrogen-bond acceptors (Lipinski definition) is 3. The summed E-state index contributed by atoms with van der Waals surface area (Å²) in [6.07, 6.45) is 0.728. The third kappa shape index (κ3) is 2.30. The van der Waals surface area contributed by atoms with Crippen LogP contribution >= 0.6 is 0 Å². The van der Waals surface area contributed by atoms with E-state index in [0.29, 0.717) is 29.8 Å². The number of halogens is 2. The second-order valence-electron chi connectivity index (χ2n) is 7.04. The number of aromatic nitrogens is 2. The van der Waals surface area contributed by atoms with Gasteiger partial charge in [0.2, 0.25) is 0 Å². The minimum atomic E-state index is -2.55. The highest BCUT2D eigenvalue weighted by Crippen LogP contribution is 2.67. The molecular formula is C19H17F2N3O. The standard InChI is InChI=1S/C19H17F2N3O/c1-10-11(2)24(14-5-3-12(9-22)4-6-14)17(23-18(10)25)13-7-15-16(8-13)19(15,20)21/h3-6,13,15-16H,7-8H2,1-2H3. The molecule has 1 heterocycles. The zero-order chi connectivity index (χ0) is 17.9. The zero-order valence-corrected chi connectivity index (χ0v) is 14.0. The first-order valence-corrected chi connectivity index (χ1v) is 8.33. The van der Waals surface area contributed by atoms with E-state index in [2.05, 4.69) is 11.1 Å². The molecule has 1 aromatic heterocycles. The quantitative estimate of drug-likeness (QED) is 0.840. The Morgan fingerprint density at radius 2 is 1.80 bits per heavy atom. The van der Waals surface area contributed by atoms with Crippen LogP contribution in [0.4, 0.5) is 8.78 Å². The molecule has 0 amide bonds. The first-order chi connectivity index (χ1) is 11.8. The summed E-state index contributed by atoms with van der Waals surface area (Å²) in [6, 6.07) is 9.07. The van der Waals surface area contributed by atoms with Crippen molar-refractivity contribution in [3.05, 3.63) is 57.3 Å². The molecule has 4 rings (SSSR count). The fourth-order valence-corrected chi connectivity index (χ4v) is 4.04. The molecule has 0 spiro atoms. The maximum absolute atomic E-state index is 13.5. The van der Waals surface area contributed by atoms with Crippen molar-refractivity contribution in [2.75, 3.05) is 0 Å². The van der Waals surface area contributed by atoms with Gasteiger partial charge in [0.05, 0.1) is 11.6 Å². The summed E-state index contributed by atoms with van der Waals surface area (Å²) in [4.78, 5) is 16.4. The molecule has 2 fully saturated rings. The number of hydrogen-bond donors (Lipinski definition) is 0. The van der Waals surface area contributed by atoms with Crippen molar-refractivity contribution in [2.45, 2.75) is 38.5 Å². The Hall–Kier alpha value is -2.55. The molecular weight excluding hydrogens is 324 g/mol. The Balaban J connectivity index is 1.81. The number of nitriles is 1. The van der Waals surface area contributed by atoms with Crippen molar-refractivity contribution in [1.29, 1.82) is 5.26 Å². The summed E-state index contributed by atoms with van der Waals surface area (Å²) in [5.74, 6) is -3.29. The Kier molecular flexibility index (Phi) is 3.33. The van der Waals surface area contributed by atoms with Crippen molar-refractivity contribution >= 4 is 0 Å². The molecule has 2 unspecified atom stereocenters. The van der Waals surface area contributed by atoms with E-state index in [1.54, 1.807) is 31.2 Å². The van der Waals surface area contributed by atoms with Crippen molar-refractivity contribution < 1.29 is 8.78 Å². The summed E-state index contributed by atoms with van der Waals surface area (Å²) < 4.78 is 29.0. The average molecular weight is 341 g/mol. The van der Waals surface area contributed by atoms with E-state index in [1.165, 1.54) is 0 Å². The number of alkyl halides is 2. The van der Waals surface area contributed by atoms with Gasteiger partial charge in [0.25, 0.3) is 11.5 Å². The van der Waals surface area contributed by atoms with E-state index in [-0.39, 0.29) is 11.5 Å². The van der Waals surface area contributed by atoms with E-state index in [0.717, 1.165) is 11.4 Å². The Labute approximate surface area is 143 Å². The van der Waals surface area contributed by atoms with E-state index in [9.17, 15) is 13.6 Å². The summed E-state index contributed by atoms with van der Waals surface area (Å²) >= 11 is 0. The second kappa shape index (κ2) is 5.22. The normalized spacial score (nSPS) is 26.1. The topological polar surface area (TPSA) is 58.7 Å². The summed E-state index contributed by atoms with van der Waals surface area (Å²) in [5.41, 5.74) is 2.32. The fourth-order valence-electron chi connectivity index (χ4n) is 4.04. The minimum absolute atomic E-state index is 0.141. The predicted octanol–water partition coefficient (Wildman–Crippen LogP) is 3.48. The highest BCUT2D eigenvalue weighted by molar-refractivity contribution is 5.42. The average Bonchev–Trinajstić information content (AvgIpc) is 2.95. The Morgan fingerprint density at radius 3 is 2.36 bits per heavy atom. The van der Waals surface area contributed by atoms with Gasteiger partial charge in [-0.3, -0.25) is 4.79 Å². The van der Waals surface area contributed by atoms with E-state index < -0.39 is 17.8 Å². The summed E-state index contributed by atoms with van der Waals surface area (Å²) in [5, 5.41) is 8.96. The molecule has 0 saturated heterocycles. The van der Waals surface area contributed by atoms with Crippen LogP contribution in [0.1, 0.15) is 41.4 Å². The third-order valence-corrected chi connectivity index (χ3v) is 5.71. The maximum Gasteiger partial charge on any atom is 0.276 e. The molecule has 0 aliphatic heterocycles. The highest BCUT2D eigenvalue weighted by Gasteiger charge is 2.71. The van der Waals surface area contributed by atoms with Gasteiger partial charge in [-0.1, -0.05) is 0 Å². The predicted molar refractivity (Wildman–Crippen MR) is 87.9 cm³/mol. The van der Waals surface area contributed by atoms with Crippen molar-refractivity contribution in [2.24, 2.45) is 11.8 Å². The lowest BCUT2D eigenvalue weighted by molar-refractivity contribution is 0.0689. The van der Waals surface area contributed by atoms with Gasteiger partial charge < -0.3 is 4.57 Å². The molecule has 1 aromatic carbocycles. The van der Waals surface area contributed by atoms with Crippen LogP contribution in [0.3, 0.4) is 0 Å². The van der Waals surface area contributed by atoms with Gasteiger partial charge in [0, 0.05) is 34.7 Å². The van der Waals surface area contributed by atoms with Gasteiger partial charge >= 0.3 is 0 Å². The lowest BCUT2D eigenvalue weighted by atomic mass is 10.0. The highest BCUT2D eigenvalue weighted by atomic mass is 19.3. The van der Waals surface area contributed by atoms with Gasteiger partial charge in [-0.05, 0) is 51.0 Å². The van der Waals surface area contributed by atoms with Crippen LogP contribution in [0.2, 0.25) is 0 Å². The van der Waals surface area contributed by atoms with Crippen LogP contribution in [0.15, 0.2) is 29.1 Å². The smallest absolute Gasteiger partial charge is 0.276 e. The number of benzene rings is 1. The minimum Gasteiger partial charge on any atom is -0.302 e. The first-order valence-electron chi connectivity index (χ1n) is 8.33. The lowest BCUT2D eigenvalue weighted by Gasteiger charge is -2.22. The molecule has 0 N–H and O–H groups in total. The molecule has 128 valence electrons. The van der Waals surface area contributed by atoms with Crippen molar-refractivity contribution in [3.8, 4) is 11.8 Å². The first kappa shape index (κ1) is 15.9. The molecule has 6 heteroatoms. The summed E-state index contributed by atoms with van der Waals surface area (Å²) in [6.45, 7) is 3.55. The molecule has 25 heavy (non-hydrogen) atoms. The number of fused-ring (bicyclic) bond motifs is 1. The van der Waals surface area contributed by atoms with Crippen LogP contribution in [0.25, 0.3) is 5.69 Å². The van der Waals surface area contributed by atoms with Crippen molar-refractivity contribution in [1.82, 2.24) is 9.55 Å². The van der Waals surface area contributed by atoms with Crippen molar-refractivity contribution in [3.63, 3.8) is 0 Å². The SMILES string of the molecule is Cc1c(C)n(-c2ccc(C#N)cc2)c(C2CC3C(C2)C3(F)F)nc1=O. The molecule has 0 bridgehead atoms. The van der Waals surface area contributed by atoms with Gasteiger partial charge in [-0.2, -0.15) is 10.2 Å². The Bertz CT molecular complexity index is 942. The molecule has 2 aliphatic carbocycles. The molecule has 2 saturated carbocycles. The summed E-state index contributed by atoms with van der Waals surface area (Å²) in [7, 11) is 0. The van der Waals surface area contributed by atoms with Crippen LogP contribution in [0.5, 0.6) is 0 Å². The van der Waals surface area contributed by atoms with Gasteiger partial charge in [0.15, 0.2) is 0 Å². The lowest BCUT2D eigenvalue weighted by Crippen LogP contribution is -2.25. The van der Waals surface area contributed by atoms with Crippen LogP contribution in [-0.4, -0.2) is 15.5 Å². The zero-order valence-electron chi connectivity index (χ0n) is 14.0. The Morgan fingerprint density at radius 1 is 1.20 bits per heavy atom. The maximum atomic E-state index is 13.5.